The van der Waals surface area contributed by atoms with E-state index in [0.29, 0.717) is 5.82 Å². The molecule has 0 saturated heterocycles. The van der Waals surface area contributed by atoms with Crippen LogP contribution in [0.2, 0.25) is 0 Å². The molecule has 86 valence electrons. The number of anilines is 1. The fourth-order valence-corrected chi connectivity index (χ4v) is 2.27. The number of nitrogens with zero attached hydrogens (tertiary/aromatic N) is 5. The topological polar surface area (TPSA) is 68.5 Å². The van der Waals surface area contributed by atoms with Gasteiger partial charge in [0.15, 0.2) is 5.65 Å². The van der Waals surface area contributed by atoms with Gasteiger partial charge in [0.1, 0.15) is 11.6 Å². The van der Waals surface area contributed by atoms with Crippen molar-refractivity contribution in [3.05, 3.63) is 23.6 Å². The van der Waals surface area contributed by atoms with Gasteiger partial charge in [0.05, 0.1) is 11.6 Å². The Kier molecular flexibility index (Phi) is 2.25. The van der Waals surface area contributed by atoms with Crippen molar-refractivity contribution in [2.24, 2.45) is 0 Å². The van der Waals surface area contributed by atoms with Gasteiger partial charge in [-0.3, -0.25) is 0 Å². The highest BCUT2D eigenvalue weighted by molar-refractivity contribution is 7.12. The summed E-state index contributed by atoms with van der Waals surface area (Å²) in [5.74, 6) is 1.50. The molecule has 7 heteroatoms. The molecule has 0 aliphatic carbocycles. The summed E-state index contributed by atoms with van der Waals surface area (Å²) in [6.07, 6.45) is 3.50. The average molecular weight is 246 g/mol. The molecule has 0 bridgehead atoms. The monoisotopic (exact) mass is 246 g/mol. The summed E-state index contributed by atoms with van der Waals surface area (Å²) in [6.45, 7) is 1.86. The van der Waals surface area contributed by atoms with E-state index in [0.717, 1.165) is 22.0 Å². The van der Waals surface area contributed by atoms with Crippen LogP contribution in [0.4, 0.5) is 5.82 Å². The molecule has 3 rings (SSSR count). The van der Waals surface area contributed by atoms with Crippen LogP contribution in [0, 0.1) is 6.92 Å². The van der Waals surface area contributed by atoms with Gasteiger partial charge in [0.25, 0.3) is 0 Å². The van der Waals surface area contributed by atoms with Gasteiger partial charge in [-0.15, -0.1) is 11.3 Å². The fourth-order valence-electron chi connectivity index (χ4n) is 1.67. The molecular formula is C10H10N6S. The number of fused-ring (bicyclic) bond motifs is 1. The highest BCUT2D eigenvalue weighted by atomic mass is 32.1. The summed E-state index contributed by atoms with van der Waals surface area (Å²) < 4.78 is 1.73. The predicted octanol–water partition coefficient (Wildman–Crippen LogP) is 1.62. The summed E-state index contributed by atoms with van der Waals surface area (Å²) in [7, 11) is 1.84. The number of aromatic nitrogens is 5. The van der Waals surface area contributed by atoms with E-state index in [1.807, 2.05) is 19.4 Å². The molecule has 0 unspecified atom stereocenters. The zero-order chi connectivity index (χ0) is 11.8. The van der Waals surface area contributed by atoms with Gasteiger partial charge in [-0.05, 0) is 6.92 Å². The Morgan fingerprint density at radius 3 is 2.94 bits per heavy atom. The van der Waals surface area contributed by atoms with Crippen LogP contribution >= 0.6 is 11.3 Å². The summed E-state index contributed by atoms with van der Waals surface area (Å²) >= 11 is 1.52. The van der Waals surface area contributed by atoms with Crippen LogP contribution in [-0.2, 0) is 0 Å². The van der Waals surface area contributed by atoms with Crippen molar-refractivity contribution in [3.8, 4) is 5.13 Å². The van der Waals surface area contributed by atoms with Gasteiger partial charge in [-0.2, -0.15) is 9.78 Å². The van der Waals surface area contributed by atoms with E-state index in [1.54, 1.807) is 17.1 Å². The van der Waals surface area contributed by atoms with Crippen molar-refractivity contribution in [1.82, 2.24) is 24.7 Å². The van der Waals surface area contributed by atoms with Crippen molar-refractivity contribution >= 4 is 28.2 Å². The summed E-state index contributed by atoms with van der Waals surface area (Å²) in [5.41, 5.74) is 0.775. The summed E-state index contributed by atoms with van der Waals surface area (Å²) in [6, 6.07) is 0. The van der Waals surface area contributed by atoms with Crippen LogP contribution in [-0.4, -0.2) is 31.8 Å². The van der Waals surface area contributed by atoms with Crippen LogP contribution in [0.5, 0.6) is 0 Å². The number of aryl methyl sites for hydroxylation is 1. The Morgan fingerprint density at radius 2 is 2.24 bits per heavy atom. The first-order valence-corrected chi connectivity index (χ1v) is 5.97. The molecule has 17 heavy (non-hydrogen) atoms. The Bertz CT molecular complexity index is 657. The minimum atomic E-state index is 0.708. The first kappa shape index (κ1) is 10.2. The molecule has 0 aliphatic heterocycles. The molecule has 6 nitrogen and oxygen atoms in total. The Hall–Kier alpha value is -2.02. The molecule has 0 aromatic carbocycles. The minimum Gasteiger partial charge on any atom is -0.372 e. The lowest BCUT2D eigenvalue weighted by molar-refractivity contribution is 0.879. The molecule has 0 amide bonds. The van der Waals surface area contributed by atoms with Crippen LogP contribution in [0.15, 0.2) is 17.8 Å². The molecule has 1 N–H and O–H groups in total. The number of thiazole rings is 1. The number of rotatable bonds is 2. The number of hydrogen-bond donors (Lipinski definition) is 1. The number of hydrogen-bond acceptors (Lipinski definition) is 6. The molecule has 0 aliphatic rings. The molecule has 0 radical (unpaired) electrons. The van der Waals surface area contributed by atoms with E-state index in [-0.39, 0.29) is 0 Å². The third-order valence-electron chi connectivity index (χ3n) is 2.38. The maximum Gasteiger partial charge on any atom is 0.212 e. The van der Waals surface area contributed by atoms with Gasteiger partial charge in [0, 0.05) is 18.6 Å². The first-order chi connectivity index (χ1) is 8.29. The van der Waals surface area contributed by atoms with Crippen LogP contribution in [0.25, 0.3) is 16.2 Å². The van der Waals surface area contributed by atoms with E-state index in [4.69, 9.17) is 0 Å². The van der Waals surface area contributed by atoms with Gasteiger partial charge in [-0.25, -0.2) is 15.0 Å². The third kappa shape index (κ3) is 1.55. The van der Waals surface area contributed by atoms with Crippen molar-refractivity contribution in [1.29, 1.82) is 0 Å². The van der Waals surface area contributed by atoms with E-state index in [2.05, 4.69) is 25.4 Å². The Balaban J connectivity index is 2.32. The van der Waals surface area contributed by atoms with Crippen LogP contribution in [0.1, 0.15) is 5.82 Å². The normalized spacial score (nSPS) is 10.9. The fraction of sp³-hybridized carbons (Fsp3) is 0.200. The minimum absolute atomic E-state index is 0.708. The van der Waals surface area contributed by atoms with E-state index < -0.39 is 0 Å². The molecule has 3 aromatic heterocycles. The number of nitrogens with one attached hydrogen (secondary N) is 1. The third-order valence-corrected chi connectivity index (χ3v) is 3.12. The molecule has 3 heterocycles. The predicted molar refractivity (Wildman–Crippen MR) is 66.6 cm³/mol. The van der Waals surface area contributed by atoms with Crippen molar-refractivity contribution in [2.75, 3.05) is 12.4 Å². The quantitative estimate of drug-likeness (QED) is 0.744. The smallest absolute Gasteiger partial charge is 0.212 e. The lowest BCUT2D eigenvalue weighted by atomic mass is 10.4. The molecular weight excluding hydrogens is 236 g/mol. The van der Waals surface area contributed by atoms with Gasteiger partial charge >= 0.3 is 0 Å². The first-order valence-electron chi connectivity index (χ1n) is 5.09. The summed E-state index contributed by atoms with van der Waals surface area (Å²) in [5, 5.41) is 11.0. The Morgan fingerprint density at radius 1 is 1.35 bits per heavy atom. The van der Waals surface area contributed by atoms with Gasteiger partial charge < -0.3 is 5.32 Å². The van der Waals surface area contributed by atoms with Crippen molar-refractivity contribution in [3.63, 3.8) is 0 Å². The van der Waals surface area contributed by atoms with Crippen molar-refractivity contribution in [2.45, 2.75) is 6.92 Å². The second-order valence-corrected chi connectivity index (χ2v) is 4.35. The van der Waals surface area contributed by atoms with Gasteiger partial charge in [-0.1, -0.05) is 0 Å². The van der Waals surface area contributed by atoms with Gasteiger partial charge in [0.2, 0.25) is 5.13 Å². The maximum absolute atomic E-state index is 4.42. The maximum atomic E-state index is 4.42. The molecule has 3 aromatic rings. The molecule has 0 spiro atoms. The largest absolute Gasteiger partial charge is 0.372 e. The lowest BCUT2D eigenvalue weighted by Crippen LogP contribution is -2.01. The zero-order valence-corrected chi connectivity index (χ0v) is 10.2. The molecule has 0 atom stereocenters. The van der Waals surface area contributed by atoms with E-state index in [9.17, 15) is 0 Å². The average Bonchev–Trinajstić information content (AvgIpc) is 2.94. The second kappa shape index (κ2) is 3.77. The zero-order valence-electron chi connectivity index (χ0n) is 9.38. The van der Waals surface area contributed by atoms with Crippen molar-refractivity contribution < 1.29 is 0 Å². The molecule has 0 saturated carbocycles. The van der Waals surface area contributed by atoms with E-state index >= 15 is 0 Å². The van der Waals surface area contributed by atoms with Crippen LogP contribution < -0.4 is 5.32 Å². The second-order valence-electron chi connectivity index (χ2n) is 3.48. The summed E-state index contributed by atoms with van der Waals surface area (Å²) in [4.78, 5) is 13.0. The highest BCUT2D eigenvalue weighted by Crippen LogP contribution is 2.22. The lowest BCUT2D eigenvalue weighted by Gasteiger charge is -2.03. The molecule has 0 fully saturated rings. The van der Waals surface area contributed by atoms with E-state index in [1.165, 1.54) is 11.3 Å². The standard InChI is InChI=1S/C10H10N6S/c1-6-14-8(11-2)7-5-13-16(9(7)15-6)10-12-3-4-17-10/h3-5H,1-2H3,(H,11,14,15). The Labute approximate surface area is 101 Å². The van der Waals surface area contributed by atoms with Crippen LogP contribution in [0.3, 0.4) is 0 Å². The highest BCUT2D eigenvalue weighted by Gasteiger charge is 2.12. The SMILES string of the molecule is CNc1nc(C)nc2c1cnn2-c1nccs1.